The first-order chi connectivity index (χ1) is 7.77. The van der Waals surface area contributed by atoms with Crippen molar-refractivity contribution in [3.8, 4) is 0 Å². The van der Waals surface area contributed by atoms with E-state index in [1.807, 2.05) is 36.4 Å². The van der Waals surface area contributed by atoms with Crippen LogP contribution < -0.4 is 0 Å². The van der Waals surface area contributed by atoms with Crippen molar-refractivity contribution in [3.63, 3.8) is 0 Å². The Labute approximate surface area is 93.9 Å². The third kappa shape index (κ3) is 1.23. The van der Waals surface area contributed by atoms with E-state index in [-0.39, 0.29) is 17.6 Å². The Balaban J connectivity index is 1.90. The van der Waals surface area contributed by atoms with Crippen LogP contribution in [0.4, 0.5) is 0 Å². The van der Waals surface area contributed by atoms with Crippen LogP contribution in [-0.2, 0) is 0 Å². The molecule has 0 spiro atoms. The molecule has 2 heteroatoms. The molecule has 2 nitrogen and oxygen atoms in total. The second-order valence-corrected chi connectivity index (χ2v) is 4.35. The van der Waals surface area contributed by atoms with Crippen LogP contribution in [0, 0.1) is 11.8 Å². The Kier molecular flexibility index (Phi) is 1.96. The highest BCUT2D eigenvalue weighted by Gasteiger charge is 2.45. The van der Waals surface area contributed by atoms with Crippen molar-refractivity contribution in [3.05, 3.63) is 59.4 Å². The van der Waals surface area contributed by atoms with Gasteiger partial charge in [0.1, 0.15) is 0 Å². The third-order valence-corrected chi connectivity index (χ3v) is 3.45. The molecule has 80 valence electrons. The molecule has 0 saturated heterocycles. The van der Waals surface area contributed by atoms with Crippen molar-refractivity contribution in [1.82, 2.24) is 0 Å². The molecular weight excluding hydrogens is 200 g/mol. The highest BCUT2D eigenvalue weighted by atomic mass is 16.3. The molecular formula is C14H12O2. The first-order valence-electron chi connectivity index (χ1n) is 5.46. The summed E-state index contributed by atoms with van der Waals surface area (Å²) in [7, 11) is 0. The van der Waals surface area contributed by atoms with Crippen LogP contribution >= 0.6 is 0 Å². The van der Waals surface area contributed by atoms with E-state index in [4.69, 9.17) is 0 Å². The maximum absolute atomic E-state index is 12.2. The monoisotopic (exact) mass is 212 g/mol. The molecule has 1 aromatic rings. The summed E-state index contributed by atoms with van der Waals surface area (Å²) in [6.45, 7) is 0. The number of carbonyl (C=O) groups is 1. The van der Waals surface area contributed by atoms with Crippen LogP contribution in [-0.4, -0.2) is 10.9 Å². The summed E-state index contributed by atoms with van der Waals surface area (Å²) in [4.78, 5) is 12.2. The molecule has 2 unspecified atom stereocenters. The van der Waals surface area contributed by atoms with Gasteiger partial charge in [-0.2, -0.15) is 0 Å². The van der Waals surface area contributed by atoms with E-state index in [9.17, 15) is 9.90 Å². The van der Waals surface area contributed by atoms with E-state index < -0.39 is 0 Å². The molecule has 1 N–H and O–H groups in total. The minimum Gasteiger partial charge on any atom is -0.512 e. The highest BCUT2D eigenvalue weighted by molar-refractivity contribution is 6.01. The molecule has 3 rings (SSSR count). The van der Waals surface area contributed by atoms with E-state index in [1.54, 1.807) is 6.08 Å². The van der Waals surface area contributed by atoms with Gasteiger partial charge in [0.2, 0.25) is 0 Å². The standard InChI is InChI=1S/C14H12O2/c15-12-7-6-10-8-11(12)13(10)14(16)9-4-2-1-3-5-9/h1-7,11,13,15H,8H2. The SMILES string of the molecule is O=C(c1ccccc1)C1C2=CC=C(O)C1C2. The van der Waals surface area contributed by atoms with Crippen LogP contribution in [0.3, 0.4) is 0 Å². The number of hydrogen-bond donors (Lipinski definition) is 1. The summed E-state index contributed by atoms with van der Waals surface area (Å²) in [5.74, 6) is 0.382. The maximum atomic E-state index is 12.2. The van der Waals surface area contributed by atoms with Crippen LogP contribution in [0.15, 0.2) is 53.8 Å². The van der Waals surface area contributed by atoms with Gasteiger partial charge in [0.15, 0.2) is 5.78 Å². The van der Waals surface area contributed by atoms with Gasteiger partial charge in [0.05, 0.1) is 11.7 Å². The highest BCUT2D eigenvalue weighted by Crippen LogP contribution is 2.48. The van der Waals surface area contributed by atoms with Crippen molar-refractivity contribution < 1.29 is 9.90 Å². The first-order valence-corrected chi connectivity index (χ1v) is 5.46. The lowest BCUT2D eigenvalue weighted by molar-refractivity contribution is 0.0830. The lowest BCUT2D eigenvalue weighted by Crippen LogP contribution is -2.38. The van der Waals surface area contributed by atoms with Crippen molar-refractivity contribution >= 4 is 5.78 Å². The van der Waals surface area contributed by atoms with Gasteiger partial charge in [-0.3, -0.25) is 4.79 Å². The number of allylic oxidation sites excluding steroid dienone is 4. The maximum Gasteiger partial charge on any atom is 0.170 e. The smallest absolute Gasteiger partial charge is 0.170 e. The quantitative estimate of drug-likeness (QED) is 0.765. The van der Waals surface area contributed by atoms with E-state index >= 15 is 0 Å². The van der Waals surface area contributed by atoms with Crippen molar-refractivity contribution in [2.24, 2.45) is 11.8 Å². The number of aliphatic hydroxyl groups is 1. The topological polar surface area (TPSA) is 37.3 Å². The van der Waals surface area contributed by atoms with Gasteiger partial charge in [0.25, 0.3) is 0 Å². The number of fused-ring (bicyclic) bond motifs is 2. The molecule has 0 aromatic heterocycles. The fourth-order valence-corrected chi connectivity index (χ4v) is 2.49. The number of aliphatic hydroxyl groups excluding tert-OH is 1. The normalized spacial score (nSPS) is 26.5. The minimum atomic E-state index is -0.118. The Hall–Kier alpha value is -1.83. The van der Waals surface area contributed by atoms with Crippen LogP contribution in [0.2, 0.25) is 0 Å². The van der Waals surface area contributed by atoms with Crippen LogP contribution in [0.25, 0.3) is 0 Å². The number of Topliss-reactive ketones (excluding diaryl/α,β-unsaturated/α-hetero) is 1. The second kappa shape index (κ2) is 3.34. The lowest BCUT2D eigenvalue weighted by atomic mass is 9.63. The number of carbonyl (C=O) groups excluding carboxylic acids is 1. The summed E-state index contributed by atoms with van der Waals surface area (Å²) >= 11 is 0. The Morgan fingerprint density at radius 3 is 2.56 bits per heavy atom. The van der Waals surface area contributed by atoms with Crippen molar-refractivity contribution in [2.45, 2.75) is 6.42 Å². The summed E-state index contributed by atoms with van der Waals surface area (Å²) in [5.41, 5.74) is 1.88. The zero-order valence-corrected chi connectivity index (χ0v) is 8.76. The summed E-state index contributed by atoms with van der Waals surface area (Å²) < 4.78 is 0. The average molecular weight is 212 g/mol. The first kappa shape index (κ1) is 9.40. The van der Waals surface area contributed by atoms with Crippen LogP contribution in [0.5, 0.6) is 0 Å². The lowest BCUT2D eigenvalue weighted by Gasteiger charge is -2.40. The Morgan fingerprint density at radius 2 is 1.94 bits per heavy atom. The Bertz CT molecular complexity index is 497. The molecule has 1 saturated carbocycles. The van der Waals surface area contributed by atoms with E-state index in [0.29, 0.717) is 5.76 Å². The van der Waals surface area contributed by atoms with Gasteiger partial charge in [-0.1, -0.05) is 42.0 Å². The largest absolute Gasteiger partial charge is 0.512 e. The molecule has 2 aliphatic rings. The van der Waals surface area contributed by atoms with Gasteiger partial charge >= 0.3 is 0 Å². The van der Waals surface area contributed by atoms with Crippen LogP contribution in [0.1, 0.15) is 16.8 Å². The van der Waals surface area contributed by atoms with Crippen molar-refractivity contribution in [1.29, 1.82) is 0 Å². The molecule has 0 aliphatic heterocycles. The average Bonchev–Trinajstić information content (AvgIpc) is 2.29. The summed E-state index contributed by atoms with van der Waals surface area (Å²) in [6, 6.07) is 9.29. The predicted molar refractivity (Wildman–Crippen MR) is 61.2 cm³/mol. The third-order valence-electron chi connectivity index (χ3n) is 3.45. The van der Waals surface area contributed by atoms with Crippen molar-refractivity contribution in [2.75, 3.05) is 0 Å². The molecule has 0 heterocycles. The Morgan fingerprint density at radius 1 is 1.19 bits per heavy atom. The fraction of sp³-hybridized carbons (Fsp3) is 0.214. The zero-order valence-electron chi connectivity index (χ0n) is 8.76. The van der Waals surface area contributed by atoms with Gasteiger partial charge in [0, 0.05) is 11.5 Å². The number of hydrogen-bond acceptors (Lipinski definition) is 2. The molecule has 1 aromatic carbocycles. The summed E-state index contributed by atoms with van der Waals surface area (Å²) in [6.07, 6.45) is 4.42. The molecule has 16 heavy (non-hydrogen) atoms. The minimum absolute atomic E-state index is 0.0210. The molecule has 0 radical (unpaired) electrons. The van der Waals surface area contributed by atoms with Gasteiger partial charge < -0.3 is 5.11 Å². The molecule has 2 bridgehead atoms. The predicted octanol–water partition coefficient (Wildman–Crippen LogP) is 2.89. The summed E-state index contributed by atoms with van der Waals surface area (Å²) in [5, 5.41) is 9.65. The molecule has 2 aliphatic carbocycles. The van der Waals surface area contributed by atoms with E-state index in [1.165, 1.54) is 0 Å². The molecule has 1 fully saturated rings. The fourth-order valence-electron chi connectivity index (χ4n) is 2.49. The number of ketones is 1. The molecule has 2 atom stereocenters. The number of rotatable bonds is 2. The number of benzene rings is 1. The molecule has 0 amide bonds. The zero-order chi connectivity index (χ0) is 11.1. The second-order valence-electron chi connectivity index (χ2n) is 4.35. The van der Waals surface area contributed by atoms with E-state index in [0.717, 1.165) is 17.6 Å². The van der Waals surface area contributed by atoms with Gasteiger partial charge in [-0.25, -0.2) is 0 Å². The van der Waals surface area contributed by atoms with Gasteiger partial charge in [-0.15, -0.1) is 0 Å². The van der Waals surface area contributed by atoms with Gasteiger partial charge in [-0.05, 0) is 12.5 Å². The van der Waals surface area contributed by atoms with E-state index in [2.05, 4.69) is 0 Å².